The molecule has 1 aliphatic heterocycles. The van der Waals surface area contributed by atoms with Crippen molar-refractivity contribution in [1.82, 2.24) is 0 Å². The van der Waals surface area contributed by atoms with Gasteiger partial charge < -0.3 is 14.2 Å². The summed E-state index contributed by atoms with van der Waals surface area (Å²) < 4.78 is 15.4. The SMILES string of the molecule is CC1(C)OCP1(=O)[O-]. The van der Waals surface area contributed by atoms with Gasteiger partial charge >= 0.3 is 0 Å². The minimum Gasteiger partial charge on any atom is -0.796 e. The molecule has 0 aromatic carbocycles. The second-order valence-corrected chi connectivity index (χ2v) is 5.08. The van der Waals surface area contributed by atoms with Crippen molar-refractivity contribution in [3.8, 4) is 0 Å². The molecule has 0 aromatic rings. The molecule has 1 atom stereocenters. The number of ether oxygens (including phenoxy) is 1. The smallest absolute Gasteiger partial charge is 0.105 e. The summed E-state index contributed by atoms with van der Waals surface area (Å²) in [5.41, 5.74) is 0. The summed E-state index contributed by atoms with van der Waals surface area (Å²) in [5.74, 6) is 0. The van der Waals surface area contributed by atoms with Crippen LogP contribution < -0.4 is 4.89 Å². The summed E-state index contributed by atoms with van der Waals surface area (Å²) in [6.45, 7) is 3.12. The molecule has 4 heteroatoms. The average Bonchev–Trinajstić information content (AvgIpc) is 1.64. The molecule has 1 unspecified atom stereocenters. The third-order valence-corrected chi connectivity index (χ3v) is 3.65. The highest BCUT2D eigenvalue weighted by molar-refractivity contribution is 7.59. The van der Waals surface area contributed by atoms with Gasteiger partial charge in [-0.25, -0.2) is 0 Å². The van der Waals surface area contributed by atoms with Gasteiger partial charge in [0, 0.05) is 0 Å². The normalized spacial score (nSPS) is 43.4. The van der Waals surface area contributed by atoms with Crippen LogP contribution >= 0.6 is 7.37 Å². The molecule has 0 amide bonds. The molecule has 1 rings (SSSR count). The van der Waals surface area contributed by atoms with Crippen LogP contribution in [-0.2, 0) is 9.30 Å². The Morgan fingerprint density at radius 3 is 2.12 bits per heavy atom. The van der Waals surface area contributed by atoms with Gasteiger partial charge in [-0.05, 0) is 13.8 Å². The van der Waals surface area contributed by atoms with E-state index in [4.69, 9.17) is 4.74 Å². The molecule has 1 fully saturated rings. The van der Waals surface area contributed by atoms with E-state index >= 15 is 0 Å². The number of rotatable bonds is 0. The first kappa shape index (κ1) is 6.27. The van der Waals surface area contributed by atoms with Crippen LogP contribution in [0.4, 0.5) is 0 Å². The number of hydrogen-bond acceptors (Lipinski definition) is 3. The Kier molecular flexibility index (Phi) is 1.06. The van der Waals surface area contributed by atoms with Crippen molar-refractivity contribution < 1.29 is 14.2 Å². The van der Waals surface area contributed by atoms with Crippen LogP contribution in [0.1, 0.15) is 13.8 Å². The van der Waals surface area contributed by atoms with Crippen LogP contribution in [0.2, 0.25) is 0 Å². The molecule has 0 spiro atoms. The first-order valence-electron chi connectivity index (χ1n) is 2.40. The second kappa shape index (κ2) is 1.35. The van der Waals surface area contributed by atoms with Crippen LogP contribution in [0.5, 0.6) is 0 Å². The van der Waals surface area contributed by atoms with Gasteiger partial charge in [-0.1, -0.05) is 0 Å². The Bertz CT molecular complexity index is 151. The molecule has 0 saturated carbocycles. The summed E-state index contributed by atoms with van der Waals surface area (Å²) in [4.78, 5) is 10.6. The maximum absolute atomic E-state index is 10.6. The lowest BCUT2D eigenvalue weighted by atomic mass is 10.5. The molecule has 0 aliphatic carbocycles. The molecule has 0 aromatic heterocycles. The lowest BCUT2D eigenvalue weighted by Crippen LogP contribution is -2.42. The summed E-state index contributed by atoms with van der Waals surface area (Å²) in [6, 6.07) is 0. The highest BCUT2D eigenvalue weighted by Gasteiger charge is 2.41. The fraction of sp³-hybridized carbons (Fsp3) is 1.00. The van der Waals surface area contributed by atoms with Gasteiger partial charge in [0.25, 0.3) is 0 Å². The average molecular weight is 135 g/mol. The van der Waals surface area contributed by atoms with Crippen molar-refractivity contribution in [3.05, 3.63) is 0 Å². The van der Waals surface area contributed by atoms with Gasteiger partial charge in [0.05, 0.1) is 13.7 Å². The summed E-state index contributed by atoms with van der Waals surface area (Å²) in [6.07, 6.45) is -0.0833. The predicted octanol–water partition coefficient (Wildman–Crippen LogP) is 0.349. The van der Waals surface area contributed by atoms with Crippen LogP contribution in [0.3, 0.4) is 0 Å². The maximum Gasteiger partial charge on any atom is 0.105 e. The van der Waals surface area contributed by atoms with Crippen molar-refractivity contribution in [3.63, 3.8) is 0 Å². The van der Waals surface area contributed by atoms with E-state index in [1.807, 2.05) is 0 Å². The van der Waals surface area contributed by atoms with Gasteiger partial charge in [0.1, 0.15) is 5.34 Å². The molecular formula is C4H8O3P-. The molecule has 1 saturated heterocycles. The minimum absolute atomic E-state index is 0.0833. The van der Waals surface area contributed by atoms with Crippen LogP contribution in [0.25, 0.3) is 0 Å². The first-order chi connectivity index (χ1) is 3.46. The zero-order chi connectivity index (χ0) is 6.41. The van der Waals surface area contributed by atoms with Crippen LogP contribution in [-0.4, -0.2) is 11.7 Å². The minimum atomic E-state index is -3.14. The highest BCUT2D eigenvalue weighted by atomic mass is 31.2. The zero-order valence-corrected chi connectivity index (χ0v) is 5.77. The van der Waals surface area contributed by atoms with E-state index < -0.39 is 12.7 Å². The fourth-order valence-electron chi connectivity index (χ4n) is 0.428. The second-order valence-electron chi connectivity index (χ2n) is 2.39. The molecule has 48 valence electrons. The predicted molar refractivity (Wildman–Crippen MR) is 27.6 cm³/mol. The Hall–Kier alpha value is 0.150. The van der Waals surface area contributed by atoms with Crippen molar-refractivity contribution in [2.75, 3.05) is 6.35 Å². The molecule has 1 aliphatic rings. The highest BCUT2D eigenvalue weighted by Crippen LogP contribution is 2.59. The van der Waals surface area contributed by atoms with E-state index in [-0.39, 0.29) is 6.35 Å². The van der Waals surface area contributed by atoms with Crippen molar-refractivity contribution in [2.45, 2.75) is 19.2 Å². The van der Waals surface area contributed by atoms with E-state index in [1.54, 1.807) is 13.8 Å². The Labute approximate surface area is 48.1 Å². The van der Waals surface area contributed by atoms with Crippen molar-refractivity contribution in [2.24, 2.45) is 0 Å². The Morgan fingerprint density at radius 1 is 1.75 bits per heavy atom. The quantitative estimate of drug-likeness (QED) is 0.450. The molecule has 1 heterocycles. The molecular weight excluding hydrogens is 127 g/mol. The van der Waals surface area contributed by atoms with Gasteiger partial charge in [0.15, 0.2) is 0 Å². The Balaban J connectivity index is 2.78. The lowest BCUT2D eigenvalue weighted by Gasteiger charge is -2.48. The van der Waals surface area contributed by atoms with Gasteiger partial charge in [-0.2, -0.15) is 0 Å². The number of hydrogen-bond donors (Lipinski definition) is 0. The van der Waals surface area contributed by atoms with E-state index in [2.05, 4.69) is 0 Å². The monoisotopic (exact) mass is 135 g/mol. The molecule has 0 radical (unpaired) electrons. The van der Waals surface area contributed by atoms with E-state index in [0.717, 1.165) is 0 Å². The Morgan fingerprint density at radius 2 is 2.12 bits per heavy atom. The van der Waals surface area contributed by atoms with Crippen molar-refractivity contribution in [1.29, 1.82) is 0 Å². The maximum atomic E-state index is 10.6. The van der Waals surface area contributed by atoms with E-state index in [1.165, 1.54) is 0 Å². The van der Waals surface area contributed by atoms with E-state index in [0.29, 0.717) is 0 Å². The van der Waals surface area contributed by atoms with Gasteiger partial charge in [-0.15, -0.1) is 0 Å². The molecule has 0 bridgehead atoms. The third kappa shape index (κ3) is 0.625. The summed E-state index contributed by atoms with van der Waals surface area (Å²) in [7, 11) is -3.14. The summed E-state index contributed by atoms with van der Waals surface area (Å²) in [5, 5.41) is -0.882. The van der Waals surface area contributed by atoms with Crippen LogP contribution in [0.15, 0.2) is 0 Å². The lowest BCUT2D eigenvalue weighted by molar-refractivity contribution is -0.217. The van der Waals surface area contributed by atoms with Gasteiger partial charge in [0.2, 0.25) is 0 Å². The third-order valence-electron chi connectivity index (χ3n) is 1.41. The topological polar surface area (TPSA) is 49.4 Å². The molecule has 3 nitrogen and oxygen atoms in total. The summed E-state index contributed by atoms with van der Waals surface area (Å²) >= 11 is 0. The van der Waals surface area contributed by atoms with Crippen molar-refractivity contribution >= 4 is 7.37 Å². The molecule has 8 heavy (non-hydrogen) atoms. The largest absolute Gasteiger partial charge is 0.796 e. The van der Waals surface area contributed by atoms with E-state index in [9.17, 15) is 9.46 Å². The fourth-order valence-corrected chi connectivity index (χ4v) is 1.28. The molecule has 0 N–H and O–H groups in total. The standard InChI is InChI=1S/C4H9O3P/c1-4(2)7-3-8(4,5)6/h3H2,1-2H3,(H,5,6)/p-1. The van der Waals surface area contributed by atoms with Gasteiger partial charge in [-0.3, -0.25) is 0 Å². The van der Waals surface area contributed by atoms with Crippen LogP contribution in [0, 0.1) is 0 Å². The zero-order valence-electron chi connectivity index (χ0n) is 4.88. The first-order valence-corrected chi connectivity index (χ1v) is 4.21.